The second-order valence-corrected chi connectivity index (χ2v) is 6.59. The highest BCUT2D eigenvalue weighted by molar-refractivity contribution is 6.31. The number of amides is 2. The number of piperidine rings is 1. The molecule has 1 aromatic rings. The van der Waals surface area contributed by atoms with Crippen molar-refractivity contribution in [2.75, 3.05) is 26.2 Å². The van der Waals surface area contributed by atoms with Crippen LogP contribution in [0.5, 0.6) is 0 Å². The van der Waals surface area contributed by atoms with Crippen LogP contribution in [-0.2, 0) is 6.42 Å². The number of carbonyl (C=O) groups is 1. The molecule has 6 heteroatoms. The minimum atomic E-state index is -0.347. The molecule has 0 aliphatic carbocycles. The molecule has 2 N–H and O–H groups in total. The average Bonchev–Trinajstić information content (AvgIpc) is 2.57. The van der Waals surface area contributed by atoms with Gasteiger partial charge in [-0.05, 0) is 43.2 Å². The SMILES string of the molecule is CCC1(CO)CCN(C(=O)NCCc2c(F)cccc2Cl)CC1. The summed E-state index contributed by atoms with van der Waals surface area (Å²) in [6.07, 6.45) is 2.91. The summed E-state index contributed by atoms with van der Waals surface area (Å²) in [6.45, 7) is 3.87. The largest absolute Gasteiger partial charge is 0.396 e. The summed E-state index contributed by atoms with van der Waals surface area (Å²) >= 11 is 5.97. The Morgan fingerprint density at radius 2 is 2.13 bits per heavy atom. The van der Waals surface area contributed by atoms with Crippen molar-refractivity contribution in [1.29, 1.82) is 0 Å². The van der Waals surface area contributed by atoms with E-state index in [1.165, 1.54) is 6.07 Å². The van der Waals surface area contributed by atoms with Crippen LogP contribution < -0.4 is 5.32 Å². The fourth-order valence-corrected chi connectivity index (χ4v) is 3.24. The number of nitrogens with zero attached hydrogens (tertiary/aromatic N) is 1. The van der Waals surface area contributed by atoms with Crippen molar-refractivity contribution in [3.63, 3.8) is 0 Å². The molecule has 1 saturated heterocycles. The molecular weight excluding hydrogens is 319 g/mol. The Bertz CT molecular complexity index is 519. The number of aliphatic hydroxyl groups is 1. The second-order valence-electron chi connectivity index (χ2n) is 6.18. The molecule has 1 heterocycles. The molecule has 2 amide bonds. The standard InChI is InChI=1S/C17H24ClFN2O2/c1-2-17(12-22)7-10-21(11-8-17)16(23)20-9-6-13-14(18)4-3-5-15(13)19/h3-5,22H,2,6-12H2,1H3,(H,20,23). The van der Waals surface area contributed by atoms with Gasteiger partial charge in [0.2, 0.25) is 0 Å². The maximum Gasteiger partial charge on any atom is 0.317 e. The number of nitrogens with one attached hydrogen (secondary N) is 1. The lowest BCUT2D eigenvalue weighted by molar-refractivity contribution is 0.0520. The molecule has 1 aromatic carbocycles. The van der Waals surface area contributed by atoms with E-state index in [4.69, 9.17) is 11.6 Å². The van der Waals surface area contributed by atoms with Gasteiger partial charge in [0.1, 0.15) is 5.82 Å². The molecule has 0 aromatic heterocycles. The van der Waals surface area contributed by atoms with E-state index >= 15 is 0 Å². The van der Waals surface area contributed by atoms with Gasteiger partial charge in [0.25, 0.3) is 0 Å². The van der Waals surface area contributed by atoms with E-state index in [0.717, 1.165) is 19.3 Å². The summed E-state index contributed by atoms with van der Waals surface area (Å²) in [7, 11) is 0. The van der Waals surface area contributed by atoms with E-state index < -0.39 is 0 Å². The van der Waals surface area contributed by atoms with Crippen LogP contribution in [0, 0.1) is 11.2 Å². The molecular formula is C17H24ClFN2O2. The van der Waals surface area contributed by atoms with Gasteiger partial charge in [-0.2, -0.15) is 0 Å². The maximum atomic E-state index is 13.7. The van der Waals surface area contributed by atoms with Crippen LogP contribution in [0.1, 0.15) is 31.7 Å². The number of likely N-dealkylation sites (tertiary alicyclic amines) is 1. The highest BCUT2D eigenvalue weighted by Gasteiger charge is 2.33. The Hall–Kier alpha value is -1.33. The zero-order chi connectivity index (χ0) is 16.9. The van der Waals surface area contributed by atoms with E-state index in [1.807, 2.05) is 0 Å². The van der Waals surface area contributed by atoms with Gasteiger partial charge in [0.05, 0.1) is 0 Å². The zero-order valence-corrected chi connectivity index (χ0v) is 14.2. The molecule has 0 radical (unpaired) electrons. The van der Waals surface area contributed by atoms with Crippen molar-refractivity contribution in [2.24, 2.45) is 5.41 Å². The molecule has 4 nitrogen and oxygen atoms in total. The van der Waals surface area contributed by atoms with Crippen molar-refractivity contribution >= 4 is 17.6 Å². The van der Waals surface area contributed by atoms with E-state index in [9.17, 15) is 14.3 Å². The first-order valence-electron chi connectivity index (χ1n) is 8.08. The first-order valence-corrected chi connectivity index (χ1v) is 8.45. The predicted molar refractivity (Wildman–Crippen MR) is 89.1 cm³/mol. The van der Waals surface area contributed by atoms with Gasteiger partial charge in [-0.1, -0.05) is 24.6 Å². The van der Waals surface area contributed by atoms with E-state index in [0.29, 0.717) is 36.6 Å². The summed E-state index contributed by atoms with van der Waals surface area (Å²) < 4.78 is 13.7. The van der Waals surface area contributed by atoms with Gasteiger partial charge in [-0.25, -0.2) is 9.18 Å². The Morgan fingerprint density at radius 3 is 2.70 bits per heavy atom. The highest BCUT2D eigenvalue weighted by Crippen LogP contribution is 2.34. The average molecular weight is 343 g/mol. The number of carbonyl (C=O) groups excluding carboxylic acids is 1. The van der Waals surface area contributed by atoms with E-state index in [-0.39, 0.29) is 23.9 Å². The maximum absolute atomic E-state index is 13.7. The molecule has 0 bridgehead atoms. The molecule has 1 fully saturated rings. The van der Waals surface area contributed by atoms with Crippen molar-refractivity contribution in [2.45, 2.75) is 32.6 Å². The molecule has 0 unspecified atom stereocenters. The van der Waals surface area contributed by atoms with E-state index in [1.54, 1.807) is 17.0 Å². The van der Waals surface area contributed by atoms with Crippen LogP contribution >= 0.6 is 11.6 Å². The van der Waals surface area contributed by atoms with Gasteiger partial charge < -0.3 is 15.3 Å². The van der Waals surface area contributed by atoms with Gasteiger partial charge >= 0.3 is 6.03 Å². The van der Waals surface area contributed by atoms with E-state index in [2.05, 4.69) is 12.2 Å². The first-order chi connectivity index (χ1) is 11.0. The van der Waals surface area contributed by atoms with Crippen LogP contribution in [0.25, 0.3) is 0 Å². The fourth-order valence-electron chi connectivity index (χ4n) is 2.99. The van der Waals surface area contributed by atoms with Gasteiger partial charge in [0.15, 0.2) is 0 Å². The third-order valence-electron chi connectivity index (χ3n) is 4.91. The molecule has 2 rings (SSSR count). The molecule has 128 valence electrons. The van der Waals surface area contributed by atoms with Crippen LogP contribution in [0.4, 0.5) is 9.18 Å². The lowest BCUT2D eigenvalue weighted by Crippen LogP contribution is -2.48. The molecule has 1 aliphatic rings. The monoisotopic (exact) mass is 342 g/mol. The van der Waals surface area contributed by atoms with Gasteiger partial charge in [-0.15, -0.1) is 0 Å². The van der Waals surface area contributed by atoms with Crippen LogP contribution in [0.3, 0.4) is 0 Å². The predicted octanol–water partition coefficient (Wildman–Crippen LogP) is 3.22. The summed E-state index contributed by atoms with van der Waals surface area (Å²) in [5.41, 5.74) is 0.385. The number of aliphatic hydroxyl groups excluding tert-OH is 1. The minimum Gasteiger partial charge on any atom is -0.396 e. The lowest BCUT2D eigenvalue weighted by atomic mass is 9.77. The minimum absolute atomic E-state index is 0.0442. The normalized spacial score (nSPS) is 17.1. The molecule has 0 atom stereocenters. The molecule has 1 aliphatic heterocycles. The van der Waals surface area contributed by atoms with Crippen LogP contribution in [0.15, 0.2) is 18.2 Å². The van der Waals surface area contributed by atoms with Crippen LogP contribution in [0.2, 0.25) is 5.02 Å². The van der Waals surface area contributed by atoms with Crippen molar-refractivity contribution < 1.29 is 14.3 Å². The Labute approximate surface area is 141 Å². The molecule has 23 heavy (non-hydrogen) atoms. The number of hydrogen-bond donors (Lipinski definition) is 2. The Morgan fingerprint density at radius 1 is 1.43 bits per heavy atom. The fraction of sp³-hybridized carbons (Fsp3) is 0.588. The summed E-state index contributed by atoms with van der Waals surface area (Å²) in [5.74, 6) is -0.347. The van der Waals surface area contributed by atoms with Gasteiger partial charge in [0, 0.05) is 36.8 Å². The quantitative estimate of drug-likeness (QED) is 0.863. The topological polar surface area (TPSA) is 52.6 Å². The van der Waals surface area contributed by atoms with Crippen molar-refractivity contribution in [3.8, 4) is 0 Å². The molecule has 0 saturated carbocycles. The summed E-state index contributed by atoms with van der Waals surface area (Å²) in [6, 6.07) is 4.44. The van der Waals surface area contributed by atoms with Crippen molar-refractivity contribution in [1.82, 2.24) is 10.2 Å². The number of benzene rings is 1. The Kier molecular flexibility index (Phi) is 6.25. The second kappa shape index (κ2) is 7.97. The smallest absolute Gasteiger partial charge is 0.317 e. The lowest BCUT2D eigenvalue weighted by Gasteiger charge is -2.40. The van der Waals surface area contributed by atoms with Crippen LogP contribution in [-0.4, -0.2) is 42.3 Å². The Balaban J connectivity index is 1.80. The molecule has 0 spiro atoms. The number of rotatable bonds is 5. The third-order valence-corrected chi connectivity index (χ3v) is 5.26. The van der Waals surface area contributed by atoms with Gasteiger partial charge in [-0.3, -0.25) is 0 Å². The third kappa shape index (κ3) is 4.36. The number of halogens is 2. The summed E-state index contributed by atoms with van der Waals surface area (Å²) in [4.78, 5) is 13.9. The zero-order valence-electron chi connectivity index (χ0n) is 13.4. The first kappa shape index (κ1) is 18.0. The van der Waals surface area contributed by atoms with Crippen molar-refractivity contribution in [3.05, 3.63) is 34.6 Å². The highest BCUT2D eigenvalue weighted by atomic mass is 35.5. The number of hydrogen-bond acceptors (Lipinski definition) is 2. The number of urea groups is 1. The summed E-state index contributed by atoms with van der Waals surface area (Å²) in [5, 5.41) is 12.7.